The molecule has 5 heteroatoms. The molecule has 0 aromatic heterocycles. The molecule has 0 N–H and O–H groups in total. The minimum atomic E-state index is -0.922. The van der Waals surface area contributed by atoms with E-state index in [-0.39, 0.29) is 16.2 Å². The predicted molar refractivity (Wildman–Crippen MR) is 232 cm³/mol. The van der Waals surface area contributed by atoms with Crippen molar-refractivity contribution in [3.63, 3.8) is 0 Å². The van der Waals surface area contributed by atoms with E-state index in [1.807, 2.05) is 36.4 Å². The third-order valence-electron chi connectivity index (χ3n) is 12.5. The molecule has 1 saturated carbocycles. The Morgan fingerprint density at radius 2 is 1.16 bits per heavy atom. The van der Waals surface area contributed by atoms with Gasteiger partial charge < -0.3 is 18.9 Å². The first-order valence-corrected chi connectivity index (χ1v) is 20.8. The fourth-order valence-corrected chi connectivity index (χ4v) is 11.6. The number of ether oxygens (including phenoxy) is 4. The van der Waals surface area contributed by atoms with E-state index >= 15 is 0 Å². The molecule has 1 heterocycles. The molecular formula is C51H50O4S. The standard InChI is InChI=1S/C51H50O4S/c1-48(2)29-49(3,4)31-50(30-48)43-12-10-9-11-38(43)45-41-28-44(56-8)40(32-13-19-35(52-5)20-14-32)27-42(41)47-39(46(45)50)25-26-51(55-47,33-15-21-36(53-6)22-16-33)34-17-23-37(54-7)24-18-34/h9-28H,29-31H2,1-8H3. The highest BCUT2D eigenvalue weighted by atomic mass is 32.2. The van der Waals surface area contributed by atoms with Crippen molar-refractivity contribution in [3.8, 4) is 45.3 Å². The Bertz CT molecular complexity index is 2450. The normalized spacial score (nSPS) is 17.8. The summed E-state index contributed by atoms with van der Waals surface area (Å²) in [4.78, 5) is 1.23. The van der Waals surface area contributed by atoms with E-state index in [1.165, 1.54) is 50.1 Å². The molecule has 6 aromatic rings. The SMILES string of the molecule is COc1ccc(-c2cc3c4c(c5c(c3cc2SC)-c2ccccc2C52CC(C)(C)CC(C)(C)C2)C=CC(c2ccc(OC)cc2)(c2ccc(OC)cc2)O4)cc1. The summed E-state index contributed by atoms with van der Waals surface area (Å²) in [5, 5.41) is 2.35. The molecule has 2 aliphatic carbocycles. The van der Waals surface area contributed by atoms with Crippen molar-refractivity contribution in [2.45, 2.75) is 62.9 Å². The molecule has 56 heavy (non-hydrogen) atoms. The molecular weight excluding hydrogens is 709 g/mol. The van der Waals surface area contributed by atoms with Crippen LogP contribution in [-0.2, 0) is 11.0 Å². The molecule has 0 atom stereocenters. The van der Waals surface area contributed by atoms with E-state index in [0.717, 1.165) is 57.9 Å². The zero-order valence-electron chi connectivity index (χ0n) is 33.7. The second-order valence-corrected chi connectivity index (χ2v) is 18.3. The van der Waals surface area contributed by atoms with Gasteiger partial charge in [-0.25, -0.2) is 0 Å². The zero-order valence-corrected chi connectivity index (χ0v) is 34.5. The summed E-state index contributed by atoms with van der Waals surface area (Å²) in [7, 11) is 5.13. The van der Waals surface area contributed by atoms with E-state index in [1.54, 1.807) is 33.1 Å². The lowest BCUT2D eigenvalue weighted by molar-refractivity contribution is 0.0642. The number of methoxy groups -OCH3 is 3. The average Bonchev–Trinajstić information content (AvgIpc) is 3.47. The Morgan fingerprint density at radius 3 is 1.71 bits per heavy atom. The first-order chi connectivity index (χ1) is 26.9. The summed E-state index contributed by atoms with van der Waals surface area (Å²) in [5.74, 6) is 3.37. The van der Waals surface area contributed by atoms with Crippen molar-refractivity contribution in [3.05, 3.63) is 143 Å². The molecule has 0 radical (unpaired) electrons. The molecule has 0 bridgehead atoms. The molecule has 1 fully saturated rings. The number of hydrogen-bond acceptors (Lipinski definition) is 5. The maximum Gasteiger partial charge on any atom is 0.178 e. The van der Waals surface area contributed by atoms with Gasteiger partial charge in [0.15, 0.2) is 5.60 Å². The summed E-state index contributed by atoms with van der Waals surface area (Å²) in [5.41, 5.74) is 10.3. The molecule has 0 unspecified atom stereocenters. The van der Waals surface area contributed by atoms with Gasteiger partial charge in [0.2, 0.25) is 0 Å². The van der Waals surface area contributed by atoms with Gasteiger partial charge >= 0.3 is 0 Å². The van der Waals surface area contributed by atoms with Gasteiger partial charge in [0.1, 0.15) is 23.0 Å². The maximum absolute atomic E-state index is 7.82. The molecule has 284 valence electrons. The third-order valence-corrected chi connectivity index (χ3v) is 13.3. The van der Waals surface area contributed by atoms with Crippen molar-refractivity contribution in [2.75, 3.05) is 27.6 Å². The quantitative estimate of drug-likeness (QED) is 0.152. The average molecular weight is 759 g/mol. The smallest absolute Gasteiger partial charge is 0.178 e. The summed E-state index contributed by atoms with van der Waals surface area (Å²) in [6, 6.07) is 39.1. The Balaban J connectivity index is 1.40. The van der Waals surface area contributed by atoms with Crippen LogP contribution in [0.3, 0.4) is 0 Å². The molecule has 1 spiro atoms. The van der Waals surface area contributed by atoms with E-state index in [2.05, 4.69) is 119 Å². The van der Waals surface area contributed by atoms with Crippen molar-refractivity contribution in [1.82, 2.24) is 0 Å². The fraction of sp³-hybridized carbons (Fsp3) is 0.294. The highest BCUT2D eigenvalue weighted by Gasteiger charge is 2.55. The van der Waals surface area contributed by atoms with Gasteiger partial charge in [0.25, 0.3) is 0 Å². The number of rotatable bonds is 7. The molecule has 1 aliphatic heterocycles. The van der Waals surface area contributed by atoms with Crippen molar-refractivity contribution >= 4 is 28.6 Å². The lowest BCUT2D eigenvalue weighted by Crippen LogP contribution is -2.44. The summed E-state index contributed by atoms with van der Waals surface area (Å²) in [6.07, 6.45) is 10.2. The molecule has 6 aromatic carbocycles. The number of thioether (sulfide) groups is 1. The van der Waals surface area contributed by atoms with Gasteiger partial charge in [-0.15, -0.1) is 11.8 Å². The second kappa shape index (κ2) is 13.2. The molecule has 0 amide bonds. The van der Waals surface area contributed by atoms with Crippen LogP contribution in [0.1, 0.15) is 74.8 Å². The third kappa shape index (κ3) is 5.64. The monoisotopic (exact) mass is 758 g/mol. The van der Waals surface area contributed by atoms with E-state index in [0.29, 0.717) is 0 Å². The highest BCUT2D eigenvalue weighted by molar-refractivity contribution is 7.98. The number of benzene rings is 6. The minimum Gasteiger partial charge on any atom is -0.497 e. The Kier molecular flexibility index (Phi) is 8.63. The lowest BCUT2D eigenvalue weighted by atomic mass is 9.52. The van der Waals surface area contributed by atoms with E-state index < -0.39 is 5.60 Å². The largest absolute Gasteiger partial charge is 0.497 e. The van der Waals surface area contributed by atoms with Gasteiger partial charge in [-0.05, 0) is 130 Å². The fourth-order valence-electron chi connectivity index (χ4n) is 11.0. The number of fused-ring (bicyclic) bond motifs is 10. The summed E-state index contributed by atoms with van der Waals surface area (Å²) in [6.45, 7) is 9.89. The first kappa shape index (κ1) is 36.5. The van der Waals surface area contributed by atoms with Crippen molar-refractivity contribution in [1.29, 1.82) is 0 Å². The Hall–Kier alpha value is -5.13. The van der Waals surface area contributed by atoms with Gasteiger partial charge in [0.05, 0.1) is 21.3 Å². The van der Waals surface area contributed by atoms with Gasteiger partial charge in [-0.1, -0.05) is 94.4 Å². The van der Waals surface area contributed by atoms with Gasteiger partial charge in [-0.2, -0.15) is 0 Å². The molecule has 4 nitrogen and oxygen atoms in total. The Labute approximate surface area is 335 Å². The van der Waals surface area contributed by atoms with Crippen LogP contribution >= 0.6 is 11.8 Å². The van der Waals surface area contributed by atoms with Crippen LogP contribution < -0.4 is 18.9 Å². The number of hydrogen-bond donors (Lipinski definition) is 0. The Morgan fingerprint density at radius 1 is 0.607 bits per heavy atom. The first-order valence-electron chi connectivity index (χ1n) is 19.6. The highest BCUT2D eigenvalue weighted by Crippen LogP contribution is 2.67. The van der Waals surface area contributed by atoms with Crippen LogP contribution in [0.4, 0.5) is 0 Å². The van der Waals surface area contributed by atoms with Gasteiger partial charge in [0, 0.05) is 32.4 Å². The molecule has 9 rings (SSSR count). The van der Waals surface area contributed by atoms with Crippen molar-refractivity contribution in [2.24, 2.45) is 10.8 Å². The van der Waals surface area contributed by atoms with Crippen LogP contribution in [-0.4, -0.2) is 27.6 Å². The van der Waals surface area contributed by atoms with Gasteiger partial charge in [-0.3, -0.25) is 0 Å². The molecule has 0 saturated heterocycles. The van der Waals surface area contributed by atoms with Crippen LogP contribution in [0.15, 0.2) is 120 Å². The summed E-state index contributed by atoms with van der Waals surface area (Å²) < 4.78 is 24.6. The maximum atomic E-state index is 7.82. The van der Waals surface area contributed by atoms with E-state index in [9.17, 15) is 0 Å². The van der Waals surface area contributed by atoms with Crippen LogP contribution in [0.5, 0.6) is 23.0 Å². The zero-order chi connectivity index (χ0) is 39.0. The lowest BCUT2D eigenvalue weighted by Gasteiger charge is -2.52. The summed E-state index contributed by atoms with van der Waals surface area (Å²) >= 11 is 1.80. The van der Waals surface area contributed by atoms with Crippen LogP contribution in [0.25, 0.3) is 39.1 Å². The van der Waals surface area contributed by atoms with E-state index in [4.69, 9.17) is 18.9 Å². The topological polar surface area (TPSA) is 36.9 Å². The molecule has 3 aliphatic rings. The second-order valence-electron chi connectivity index (χ2n) is 17.4. The predicted octanol–water partition coefficient (Wildman–Crippen LogP) is 13.1. The van der Waals surface area contributed by atoms with Crippen molar-refractivity contribution < 1.29 is 18.9 Å². The van der Waals surface area contributed by atoms with Crippen LogP contribution in [0, 0.1) is 10.8 Å². The van der Waals surface area contributed by atoms with Crippen LogP contribution in [0.2, 0.25) is 0 Å². The minimum absolute atomic E-state index is 0.135.